The highest BCUT2D eigenvalue weighted by Crippen LogP contribution is 2.25. The van der Waals surface area contributed by atoms with E-state index < -0.39 is 17.9 Å². The van der Waals surface area contributed by atoms with E-state index in [1.54, 1.807) is 13.8 Å². The first kappa shape index (κ1) is 17.3. The fraction of sp³-hybridized carbons (Fsp3) is 0.571. The molecule has 1 aromatic heterocycles. The molecule has 0 amide bonds. The molecule has 0 aliphatic carbocycles. The Morgan fingerprint density at radius 2 is 1.81 bits per heavy atom. The molecule has 0 N–H and O–H groups in total. The van der Waals surface area contributed by atoms with Gasteiger partial charge in [0.2, 0.25) is 5.13 Å². The van der Waals surface area contributed by atoms with Gasteiger partial charge in [0.25, 0.3) is 0 Å². The van der Waals surface area contributed by atoms with Crippen LogP contribution in [0.25, 0.3) is 0 Å². The zero-order chi connectivity index (χ0) is 15.8. The van der Waals surface area contributed by atoms with Gasteiger partial charge in [-0.1, -0.05) is 18.3 Å². The first-order valence-electron chi connectivity index (χ1n) is 6.87. The van der Waals surface area contributed by atoms with E-state index in [1.165, 1.54) is 17.6 Å². The molecular weight excluding hydrogens is 292 g/mol. The van der Waals surface area contributed by atoms with Gasteiger partial charge in [-0.25, -0.2) is 9.98 Å². The minimum absolute atomic E-state index is 0.193. The number of aliphatic imine (C=N–C) groups is 1. The van der Waals surface area contributed by atoms with Gasteiger partial charge in [-0.05, 0) is 27.2 Å². The van der Waals surface area contributed by atoms with Crippen LogP contribution in [0.1, 0.15) is 31.3 Å². The van der Waals surface area contributed by atoms with Crippen molar-refractivity contribution in [2.24, 2.45) is 10.9 Å². The monoisotopic (exact) mass is 312 g/mol. The summed E-state index contributed by atoms with van der Waals surface area (Å²) in [6.45, 7) is 7.68. The number of carbonyl (C=O) groups is 2. The molecule has 116 valence electrons. The Morgan fingerprint density at radius 1 is 1.24 bits per heavy atom. The summed E-state index contributed by atoms with van der Waals surface area (Å²) >= 11 is 1.44. The normalized spacial score (nSPS) is 11.1. The van der Waals surface area contributed by atoms with Crippen molar-refractivity contribution in [2.75, 3.05) is 13.2 Å². The Morgan fingerprint density at radius 3 is 2.24 bits per heavy atom. The lowest BCUT2D eigenvalue weighted by atomic mass is 10.2. The van der Waals surface area contributed by atoms with Gasteiger partial charge in [-0.3, -0.25) is 9.59 Å². The predicted molar refractivity (Wildman–Crippen MR) is 81.1 cm³/mol. The molecule has 7 heteroatoms. The van der Waals surface area contributed by atoms with E-state index in [2.05, 4.69) is 9.98 Å². The lowest BCUT2D eigenvalue weighted by Crippen LogP contribution is -2.29. The fourth-order valence-corrected chi connectivity index (χ4v) is 2.47. The SMILES string of the molecule is CCOC(=O)C(C=Nc1nc(C)c(CC)s1)C(=O)OCC. The number of carbonyl (C=O) groups excluding carboxylic acids is 2. The third kappa shape index (κ3) is 4.93. The number of ether oxygens (including phenoxy) is 2. The highest BCUT2D eigenvalue weighted by atomic mass is 32.1. The Hall–Kier alpha value is -1.76. The van der Waals surface area contributed by atoms with E-state index in [4.69, 9.17) is 9.47 Å². The van der Waals surface area contributed by atoms with Crippen LogP contribution in [0.4, 0.5) is 5.13 Å². The molecule has 0 saturated carbocycles. The Bertz CT molecular complexity index is 507. The van der Waals surface area contributed by atoms with Gasteiger partial charge in [-0.15, -0.1) is 0 Å². The molecule has 21 heavy (non-hydrogen) atoms. The van der Waals surface area contributed by atoms with Crippen LogP contribution in [-0.2, 0) is 25.5 Å². The highest BCUT2D eigenvalue weighted by molar-refractivity contribution is 7.15. The molecule has 0 atom stereocenters. The van der Waals surface area contributed by atoms with E-state index in [9.17, 15) is 9.59 Å². The smallest absolute Gasteiger partial charge is 0.325 e. The van der Waals surface area contributed by atoms with Crippen LogP contribution in [-0.4, -0.2) is 36.4 Å². The molecule has 0 spiro atoms. The van der Waals surface area contributed by atoms with Gasteiger partial charge < -0.3 is 9.47 Å². The van der Waals surface area contributed by atoms with Crippen LogP contribution in [0.5, 0.6) is 0 Å². The average Bonchev–Trinajstić information content (AvgIpc) is 2.80. The molecule has 0 saturated heterocycles. The van der Waals surface area contributed by atoms with E-state index in [0.29, 0.717) is 5.13 Å². The quantitative estimate of drug-likeness (QED) is 0.439. The maximum atomic E-state index is 11.8. The lowest BCUT2D eigenvalue weighted by molar-refractivity contribution is -0.157. The Labute approximate surface area is 128 Å². The van der Waals surface area contributed by atoms with Crippen molar-refractivity contribution in [3.8, 4) is 0 Å². The molecule has 6 nitrogen and oxygen atoms in total. The number of nitrogens with zero attached hydrogens (tertiary/aromatic N) is 2. The Balaban J connectivity index is 2.90. The number of hydrogen-bond donors (Lipinski definition) is 0. The van der Waals surface area contributed by atoms with Gasteiger partial charge in [0.05, 0.1) is 18.9 Å². The van der Waals surface area contributed by atoms with Gasteiger partial charge in [0, 0.05) is 11.1 Å². The summed E-state index contributed by atoms with van der Waals surface area (Å²) in [4.78, 5) is 33.1. The van der Waals surface area contributed by atoms with E-state index in [1.807, 2.05) is 13.8 Å². The topological polar surface area (TPSA) is 77.9 Å². The first-order chi connectivity index (χ1) is 10.0. The summed E-state index contributed by atoms with van der Waals surface area (Å²) in [5, 5.41) is 0.517. The third-order valence-corrected chi connectivity index (χ3v) is 3.83. The second-order valence-corrected chi connectivity index (χ2v) is 5.18. The van der Waals surface area contributed by atoms with E-state index in [-0.39, 0.29) is 13.2 Å². The van der Waals surface area contributed by atoms with Gasteiger partial charge in [0.1, 0.15) is 0 Å². The minimum atomic E-state index is -1.15. The summed E-state index contributed by atoms with van der Waals surface area (Å²) in [6, 6.07) is 0. The van der Waals surface area contributed by atoms with Crippen molar-refractivity contribution < 1.29 is 19.1 Å². The maximum Gasteiger partial charge on any atom is 0.325 e. The molecule has 0 aliphatic heterocycles. The molecule has 0 radical (unpaired) electrons. The summed E-state index contributed by atoms with van der Waals surface area (Å²) < 4.78 is 9.72. The minimum Gasteiger partial charge on any atom is -0.465 e. The Kier molecular flexibility index (Phi) is 7.01. The van der Waals surface area contributed by atoms with Crippen LogP contribution in [0.2, 0.25) is 0 Å². The van der Waals surface area contributed by atoms with Crippen LogP contribution >= 0.6 is 11.3 Å². The molecule has 0 fully saturated rings. The maximum absolute atomic E-state index is 11.8. The van der Waals surface area contributed by atoms with Gasteiger partial charge >= 0.3 is 11.9 Å². The zero-order valence-electron chi connectivity index (χ0n) is 12.7. The molecular formula is C14H20N2O4S. The number of esters is 2. The molecule has 1 heterocycles. The summed E-state index contributed by atoms with van der Waals surface area (Å²) in [6.07, 6.45) is 2.12. The number of rotatable bonds is 7. The largest absolute Gasteiger partial charge is 0.465 e. The first-order valence-corrected chi connectivity index (χ1v) is 7.68. The van der Waals surface area contributed by atoms with Crippen molar-refractivity contribution >= 4 is 34.6 Å². The van der Waals surface area contributed by atoms with Crippen molar-refractivity contribution in [2.45, 2.75) is 34.1 Å². The predicted octanol–water partition coefficient (Wildman–Crippen LogP) is 2.46. The molecule has 0 unspecified atom stereocenters. The number of aromatic nitrogens is 1. The summed E-state index contributed by atoms with van der Waals surface area (Å²) in [7, 11) is 0. The van der Waals surface area contributed by atoms with Crippen LogP contribution in [0.3, 0.4) is 0 Å². The second-order valence-electron chi connectivity index (χ2n) is 4.12. The van der Waals surface area contributed by atoms with Crippen LogP contribution in [0, 0.1) is 12.8 Å². The highest BCUT2D eigenvalue weighted by Gasteiger charge is 2.27. The summed E-state index contributed by atoms with van der Waals surface area (Å²) in [5.74, 6) is -2.48. The van der Waals surface area contributed by atoms with Crippen LogP contribution < -0.4 is 0 Å². The average molecular weight is 312 g/mol. The molecule has 0 aromatic carbocycles. The van der Waals surface area contributed by atoms with Crippen molar-refractivity contribution in [1.82, 2.24) is 4.98 Å². The van der Waals surface area contributed by atoms with Crippen molar-refractivity contribution in [3.05, 3.63) is 10.6 Å². The molecule has 0 bridgehead atoms. The number of thiazole rings is 1. The third-order valence-electron chi connectivity index (χ3n) is 2.62. The van der Waals surface area contributed by atoms with E-state index in [0.717, 1.165) is 17.0 Å². The van der Waals surface area contributed by atoms with Crippen molar-refractivity contribution in [3.63, 3.8) is 0 Å². The summed E-state index contributed by atoms with van der Waals surface area (Å²) in [5.41, 5.74) is 0.915. The fourth-order valence-electron chi connectivity index (χ4n) is 1.62. The number of hydrogen-bond acceptors (Lipinski definition) is 7. The van der Waals surface area contributed by atoms with E-state index >= 15 is 0 Å². The lowest BCUT2D eigenvalue weighted by Gasteiger charge is -2.09. The molecule has 0 aliphatic rings. The van der Waals surface area contributed by atoms with Gasteiger partial charge in [-0.2, -0.15) is 0 Å². The molecule has 1 aromatic rings. The van der Waals surface area contributed by atoms with Crippen molar-refractivity contribution in [1.29, 1.82) is 0 Å². The standard InChI is InChI=1S/C14H20N2O4S/c1-5-11-9(4)16-14(21-11)15-8-10(12(17)19-6-2)13(18)20-7-3/h8,10H,5-7H2,1-4H3. The number of aryl methyl sites for hydroxylation is 2. The zero-order valence-corrected chi connectivity index (χ0v) is 13.5. The van der Waals surface area contributed by atoms with Gasteiger partial charge in [0.15, 0.2) is 5.92 Å². The second kappa shape index (κ2) is 8.51. The van der Waals surface area contributed by atoms with Crippen LogP contribution in [0.15, 0.2) is 4.99 Å². The molecule has 1 rings (SSSR count).